The Labute approximate surface area is 154 Å². The van der Waals surface area contributed by atoms with Crippen LogP contribution in [0.15, 0.2) is 57.2 Å². The van der Waals surface area contributed by atoms with Gasteiger partial charge in [-0.05, 0) is 55.6 Å². The molecule has 0 aliphatic heterocycles. The fourth-order valence-electron chi connectivity index (χ4n) is 1.73. The number of ether oxygens (including phenoxy) is 1. The summed E-state index contributed by atoms with van der Waals surface area (Å²) in [7, 11) is 0. The van der Waals surface area contributed by atoms with Gasteiger partial charge in [0.1, 0.15) is 12.4 Å². The Hall–Kier alpha value is -2.26. The molecule has 1 N–H and O–H groups in total. The minimum atomic E-state index is -0.524. The van der Waals surface area contributed by atoms with Crippen molar-refractivity contribution in [2.24, 2.45) is 5.10 Å². The molecule has 0 saturated heterocycles. The Balaban J connectivity index is 2.15. The highest BCUT2D eigenvalue weighted by Gasteiger charge is 2.13. The molecule has 0 atom stereocenters. The zero-order chi connectivity index (χ0) is 17.5. The van der Waals surface area contributed by atoms with Crippen LogP contribution in [0.2, 0.25) is 0 Å². The van der Waals surface area contributed by atoms with Gasteiger partial charge in [0.25, 0.3) is 0 Å². The van der Waals surface area contributed by atoms with Crippen LogP contribution >= 0.6 is 31.9 Å². The second kappa shape index (κ2) is 8.55. The van der Waals surface area contributed by atoms with E-state index in [0.717, 1.165) is 14.5 Å². The highest BCUT2D eigenvalue weighted by atomic mass is 79.9. The molecule has 0 fully saturated rings. The molecule has 0 spiro atoms. The summed E-state index contributed by atoms with van der Waals surface area (Å²) in [6.07, 6.45) is 4.62. The van der Waals surface area contributed by atoms with Crippen molar-refractivity contribution in [2.75, 3.05) is 12.0 Å². The number of hydrogen-bond donors (Lipinski definition) is 1. The largest absolute Gasteiger partial charge is 0.487 e. The van der Waals surface area contributed by atoms with Gasteiger partial charge in [-0.2, -0.15) is 5.10 Å². The molecule has 0 saturated carbocycles. The van der Waals surface area contributed by atoms with Gasteiger partial charge in [-0.25, -0.2) is 4.98 Å². The molecule has 0 unspecified atom stereocenters. The van der Waals surface area contributed by atoms with Crippen molar-refractivity contribution in [2.45, 2.75) is 0 Å². The molecule has 0 bridgehead atoms. The summed E-state index contributed by atoms with van der Waals surface area (Å²) < 4.78 is 7.01. The minimum Gasteiger partial charge on any atom is -0.487 e. The maximum Gasteiger partial charge on any atom is 0.313 e. The molecule has 0 radical (unpaired) electrons. The second-order valence-corrected chi connectivity index (χ2v) is 6.12. The average molecular weight is 456 g/mol. The van der Waals surface area contributed by atoms with Gasteiger partial charge < -0.3 is 4.74 Å². The van der Waals surface area contributed by atoms with E-state index in [-0.39, 0.29) is 11.5 Å². The monoisotopic (exact) mass is 454 g/mol. The molecule has 7 nitrogen and oxygen atoms in total. The molecule has 0 aliphatic rings. The van der Waals surface area contributed by atoms with E-state index in [1.165, 1.54) is 24.5 Å². The van der Waals surface area contributed by atoms with E-state index in [2.05, 4.69) is 54.0 Å². The number of rotatable bonds is 7. The molecular weight excluding hydrogens is 444 g/mol. The van der Waals surface area contributed by atoms with Crippen molar-refractivity contribution in [1.82, 2.24) is 4.98 Å². The molecule has 24 heavy (non-hydrogen) atoms. The number of hydrazone groups is 1. The fourth-order valence-corrected chi connectivity index (χ4v) is 3.18. The van der Waals surface area contributed by atoms with Crippen molar-refractivity contribution in [3.63, 3.8) is 0 Å². The topological polar surface area (TPSA) is 89.7 Å². The Bertz CT molecular complexity index is 773. The van der Waals surface area contributed by atoms with Crippen LogP contribution in [0.25, 0.3) is 0 Å². The van der Waals surface area contributed by atoms with Crippen LogP contribution in [0.4, 0.5) is 11.5 Å². The number of anilines is 1. The molecule has 2 rings (SSSR count). The minimum absolute atomic E-state index is 0.0721. The van der Waals surface area contributed by atoms with E-state index in [1.807, 2.05) is 0 Å². The number of halogens is 2. The van der Waals surface area contributed by atoms with Gasteiger partial charge in [0.2, 0.25) is 5.82 Å². The van der Waals surface area contributed by atoms with Crippen LogP contribution in [0, 0.1) is 10.1 Å². The average Bonchev–Trinajstić information content (AvgIpc) is 2.54. The molecule has 0 aliphatic carbocycles. The summed E-state index contributed by atoms with van der Waals surface area (Å²) >= 11 is 6.85. The van der Waals surface area contributed by atoms with Crippen LogP contribution in [-0.4, -0.2) is 22.7 Å². The van der Waals surface area contributed by atoms with E-state index >= 15 is 0 Å². The third-order valence-corrected chi connectivity index (χ3v) is 3.91. The van der Waals surface area contributed by atoms with Gasteiger partial charge in [0.05, 0.1) is 20.1 Å². The summed E-state index contributed by atoms with van der Waals surface area (Å²) in [5.41, 5.74) is 3.18. The van der Waals surface area contributed by atoms with Gasteiger partial charge in [-0.1, -0.05) is 12.7 Å². The number of aromatic nitrogens is 1. The molecule has 124 valence electrons. The lowest BCUT2D eigenvalue weighted by Gasteiger charge is -2.09. The Morgan fingerprint density at radius 1 is 1.42 bits per heavy atom. The van der Waals surface area contributed by atoms with E-state index in [0.29, 0.717) is 12.4 Å². The lowest BCUT2D eigenvalue weighted by molar-refractivity contribution is -0.384. The number of nitrogens with zero attached hydrogens (tertiary/aromatic N) is 3. The SMILES string of the molecule is C=CCOc1c(Br)cc(/C=N/Nc2ncccc2[N+](=O)[O-])cc1Br. The summed E-state index contributed by atoms with van der Waals surface area (Å²) in [6.45, 7) is 3.99. The van der Waals surface area contributed by atoms with Crippen LogP contribution < -0.4 is 10.2 Å². The lowest BCUT2D eigenvalue weighted by Crippen LogP contribution is -1.99. The molecule has 1 aromatic carbocycles. The van der Waals surface area contributed by atoms with Crippen LogP contribution in [0.1, 0.15) is 5.56 Å². The van der Waals surface area contributed by atoms with Crippen molar-refractivity contribution in [1.29, 1.82) is 0 Å². The quantitative estimate of drug-likeness (QED) is 0.287. The fraction of sp³-hybridized carbons (Fsp3) is 0.0667. The number of hydrogen-bond acceptors (Lipinski definition) is 6. The van der Waals surface area contributed by atoms with Crippen molar-refractivity contribution < 1.29 is 9.66 Å². The van der Waals surface area contributed by atoms with E-state index in [9.17, 15) is 10.1 Å². The molecule has 9 heteroatoms. The summed E-state index contributed by atoms with van der Waals surface area (Å²) in [5, 5.41) is 14.9. The molecule has 1 heterocycles. The van der Waals surface area contributed by atoms with Gasteiger partial charge in [-0.15, -0.1) is 0 Å². The number of benzene rings is 1. The molecular formula is C15H12Br2N4O3. The second-order valence-electron chi connectivity index (χ2n) is 4.41. The maximum atomic E-state index is 10.9. The third kappa shape index (κ3) is 4.62. The maximum absolute atomic E-state index is 10.9. The van der Waals surface area contributed by atoms with E-state index < -0.39 is 4.92 Å². The van der Waals surface area contributed by atoms with E-state index in [4.69, 9.17) is 4.74 Å². The first-order valence-corrected chi connectivity index (χ1v) is 8.22. The number of nitrogens with one attached hydrogen (secondary N) is 1. The first kappa shape index (κ1) is 18.1. The highest BCUT2D eigenvalue weighted by molar-refractivity contribution is 9.11. The Morgan fingerprint density at radius 3 is 2.75 bits per heavy atom. The molecule has 1 aromatic heterocycles. The third-order valence-electron chi connectivity index (χ3n) is 2.73. The predicted octanol–water partition coefficient (Wildman–Crippen LogP) is 4.53. The summed E-state index contributed by atoms with van der Waals surface area (Å²) in [5.74, 6) is 0.725. The van der Waals surface area contributed by atoms with Gasteiger partial charge >= 0.3 is 5.69 Å². The standard InChI is InChI=1S/C15H12Br2N4O3/c1-2-6-24-14-11(16)7-10(8-12(14)17)9-19-20-15-13(21(22)23)4-3-5-18-15/h2-5,7-9H,1,6H2,(H,18,20)/b19-9+. The van der Waals surface area contributed by atoms with Crippen molar-refractivity contribution in [3.8, 4) is 5.75 Å². The zero-order valence-corrected chi connectivity index (χ0v) is 15.4. The van der Waals surface area contributed by atoms with Gasteiger partial charge in [0, 0.05) is 12.3 Å². The van der Waals surface area contributed by atoms with E-state index in [1.54, 1.807) is 18.2 Å². The molecule has 0 amide bonds. The number of pyridine rings is 1. The van der Waals surface area contributed by atoms with Crippen LogP contribution in [-0.2, 0) is 0 Å². The Morgan fingerprint density at radius 2 is 2.12 bits per heavy atom. The first-order valence-electron chi connectivity index (χ1n) is 6.64. The van der Waals surface area contributed by atoms with Gasteiger partial charge in [-0.3, -0.25) is 15.5 Å². The first-order chi connectivity index (χ1) is 11.5. The highest BCUT2D eigenvalue weighted by Crippen LogP contribution is 2.34. The smallest absolute Gasteiger partial charge is 0.313 e. The summed E-state index contributed by atoms with van der Waals surface area (Å²) in [4.78, 5) is 14.3. The van der Waals surface area contributed by atoms with Crippen molar-refractivity contribution in [3.05, 3.63) is 67.7 Å². The normalized spacial score (nSPS) is 10.6. The predicted molar refractivity (Wildman–Crippen MR) is 99.6 cm³/mol. The lowest BCUT2D eigenvalue weighted by atomic mass is 10.2. The van der Waals surface area contributed by atoms with Crippen LogP contribution in [0.3, 0.4) is 0 Å². The van der Waals surface area contributed by atoms with Crippen molar-refractivity contribution >= 4 is 49.6 Å². The Kier molecular flexibility index (Phi) is 6.44. The zero-order valence-electron chi connectivity index (χ0n) is 12.3. The number of nitro groups is 1. The van der Waals surface area contributed by atoms with Crippen LogP contribution in [0.5, 0.6) is 5.75 Å². The van der Waals surface area contributed by atoms with Gasteiger partial charge in [0.15, 0.2) is 0 Å². The molecule has 2 aromatic rings. The summed E-state index contributed by atoms with van der Waals surface area (Å²) in [6, 6.07) is 6.45.